The minimum absolute atomic E-state index is 0. The predicted octanol–water partition coefficient (Wildman–Crippen LogP) is 4.56. The number of nitrogens with one attached hydrogen (secondary N) is 2. The Kier molecular flexibility index (Phi) is 6.80. The van der Waals surface area contributed by atoms with E-state index in [1.54, 1.807) is 11.3 Å². The minimum Gasteiger partial charge on any atom is -0.357 e. The molecule has 144 valence electrons. The third kappa shape index (κ3) is 4.83. The largest absolute Gasteiger partial charge is 0.357 e. The van der Waals surface area contributed by atoms with Crippen LogP contribution in [0.25, 0.3) is 4.96 Å². The molecule has 27 heavy (non-hydrogen) atoms. The molecule has 1 aliphatic carbocycles. The van der Waals surface area contributed by atoms with Gasteiger partial charge in [-0.05, 0) is 37.5 Å². The standard InChI is InChI=1S/C19H22BrN5S.HI/c1-2-21-17(22-11-16-12-25-8-9-26-18(25)24-16)23-13-19(6-7-19)14-4-3-5-15(20)10-14;/h3-5,8-10,12H,2,6-7,11,13H2,1H3,(H2,21,22,23);1H. The Morgan fingerprint density at radius 3 is 2.93 bits per heavy atom. The third-order valence-corrected chi connectivity index (χ3v) is 6.04. The molecule has 0 atom stereocenters. The van der Waals surface area contributed by atoms with E-state index in [4.69, 9.17) is 4.99 Å². The molecule has 0 amide bonds. The van der Waals surface area contributed by atoms with E-state index in [0.29, 0.717) is 6.54 Å². The quantitative estimate of drug-likeness (QED) is 0.264. The van der Waals surface area contributed by atoms with Gasteiger partial charge in [-0.15, -0.1) is 35.3 Å². The summed E-state index contributed by atoms with van der Waals surface area (Å²) in [6.45, 7) is 4.40. The SMILES string of the molecule is CCNC(=NCc1cn2ccsc2n1)NCC1(c2cccc(Br)c2)CC1.I. The first-order valence-electron chi connectivity index (χ1n) is 8.88. The normalized spacial score (nSPS) is 15.4. The number of aromatic nitrogens is 2. The van der Waals surface area contributed by atoms with Gasteiger partial charge >= 0.3 is 0 Å². The van der Waals surface area contributed by atoms with Crippen LogP contribution in [0, 0.1) is 0 Å². The zero-order valence-corrected chi connectivity index (χ0v) is 19.8. The highest BCUT2D eigenvalue weighted by molar-refractivity contribution is 14.0. The van der Waals surface area contributed by atoms with E-state index in [1.807, 2.05) is 22.2 Å². The summed E-state index contributed by atoms with van der Waals surface area (Å²) in [7, 11) is 0. The minimum atomic E-state index is 0. The van der Waals surface area contributed by atoms with Crippen LogP contribution in [0.3, 0.4) is 0 Å². The summed E-state index contributed by atoms with van der Waals surface area (Å²) in [6.07, 6.45) is 6.50. The second-order valence-electron chi connectivity index (χ2n) is 6.66. The summed E-state index contributed by atoms with van der Waals surface area (Å²) >= 11 is 5.23. The molecule has 1 aliphatic rings. The summed E-state index contributed by atoms with van der Waals surface area (Å²) in [4.78, 5) is 10.3. The van der Waals surface area contributed by atoms with Crippen LogP contribution in [0.4, 0.5) is 0 Å². The number of guanidine groups is 1. The van der Waals surface area contributed by atoms with Gasteiger partial charge in [0.1, 0.15) is 0 Å². The Morgan fingerprint density at radius 2 is 2.22 bits per heavy atom. The maximum atomic E-state index is 4.71. The van der Waals surface area contributed by atoms with Crippen molar-refractivity contribution in [2.75, 3.05) is 13.1 Å². The average molecular weight is 560 g/mol. The fourth-order valence-electron chi connectivity index (χ4n) is 3.14. The van der Waals surface area contributed by atoms with Crippen LogP contribution < -0.4 is 10.6 Å². The van der Waals surface area contributed by atoms with Crippen molar-refractivity contribution in [2.24, 2.45) is 4.99 Å². The molecule has 0 aliphatic heterocycles. The first-order chi connectivity index (χ1) is 12.7. The lowest BCUT2D eigenvalue weighted by molar-refractivity contribution is 0.645. The summed E-state index contributed by atoms with van der Waals surface area (Å²) in [5.74, 6) is 0.852. The second kappa shape index (κ2) is 8.91. The molecule has 5 nitrogen and oxygen atoms in total. The van der Waals surface area contributed by atoms with Gasteiger partial charge in [0.15, 0.2) is 10.9 Å². The van der Waals surface area contributed by atoms with Gasteiger partial charge in [-0.2, -0.15) is 0 Å². The molecule has 2 heterocycles. The number of benzene rings is 1. The van der Waals surface area contributed by atoms with Gasteiger partial charge in [-0.25, -0.2) is 9.98 Å². The molecule has 2 N–H and O–H groups in total. The Labute approximate surface area is 188 Å². The number of aliphatic imine (C=N–C) groups is 1. The molecule has 1 fully saturated rings. The topological polar surface area (TPSA) is 53.7 Å². The highest BCUT2D eigenvalue weighted by Crippen LogP contribution is 2.48. The van der Waals surface area contributed by atoms with Crippen molar-refractivity contribution in [3.05, 3.63) is 57.8 Å². The zero-order chi connectivity index (χ0) is 18.0. The summed E-state index contributed by atoms with van der Waals surface area (Å²) in [6, 6.07) is 8.65. The van der Waals surface area contributed by atoms with Crippen molar-refractivity contribution in [3.8, 4) is 0 Å². The molecule has 3 aromatic rings. The van der Waals surface area contributed by atoms with Crippen LogP contribution in [0.15, 0.2) is 51.5 Å². The van der Waals surface area contributed by atoms with Crippen molar-refractivity contribution in [3.63, 3.8) is 0 Å². The fraction of sp³-hybridized carbons (Fsp3) is 0.368. The molecular weight excluding hydrogens is 537 g/mol. The monoisotopic (exact) mass is 559 g/mol. The summed E-state index contributed by atoms with van der Waals surface area (Å²) < 4.78 is 3.18. The van der Waals surface area contributed by atoms with E-state index < -0.39 is 0 Å². The Bertz CT molecular complexity index is 902. The van der Waals surface area contributed by atoms with Gasteiger partial charge in [-0.3, -0.25) is 4.40 Å². The van der Waals surface area contributed by atoms with Gasteiger partial charge in [0.2, 0.25) is 0 Å². The van der Waals surface area contributed by atoms with Crippen LogP contribution in [0.1, 0.15) is 31.0 Å². The lowest BCUT2D eigenvalue weighted by Gasteiger charge is -2.19. The average Bonchev–Trinajstić information content (AvgIpc) is 3.14. The van der Waals surface area contributed by atoms with Gasteiger partial charge in [0.25, 0.3) is 0 Å². The van der Waals surface area contributed by atoms with Crippen molar-refractivity contribution in [2.45, 2.75) is 31.7 Å². The molecule has 0 radical (unpaired) electrons. The Balaban J connectivity index is 0.00000210. The van der Waals surface area contributed by atoms with E-state index in [-0.39, 0.29) is 29.4 Å². The van der Waals surface area contributed by atoms with Crippen molar-refractivity contribution < 1.29 is 0 Å². The number of imidazole rings is 1. The number of nitrogens with zero attached hydrogens (tertiary/aromatic N) is 3. The highest BCUT2D eigenvalue weighted by Gasteiger charge is 2.44. The molecule has 1 aromatic carbocycles. The molecule has 0 saturated heterocycles. The molecule has 0 spiro atoms. The van der Waals surface area contributed by atoms with Crippen LogP contribution >= 0.6 is 51.2 Å². The number of hydrogen-bond acceptors (Lipinski definition) is 3. The second-order valence-corrected chi connectivity index (χ2v) is 8.45. The molecule has 0 unspecified atom stereocenters. The molecule has 2 aromatic heterocycles. The summed E-state index contributed by atoms with van der Waals surface area (Å²) in [5.41, 5.74) is 2.61. The van der Waals surface area contributed by atoms with Crippen LogP contribution in [0.5, 0.6) is 0 Å². The van der Waals surface area contributed by atoms with Gasteiger partial charge in [0.05, 0.1) is 12.2 Å². The van der Waals surface area contributed by atoms with Crippen molar-refractivity contribution in [1.29, 1.82) is 0 Å². The molecule has 1 saturated carbocycles. The number of thiazole rings is 1. The van der Waals surface area contributed by atoms with E-state index in [1.165, 1.54) is 18.4 Å². The van der Waals surface area contributed by atoms with E-state index in [2.05, 4.69) is 62.7 Å². The smallest absolute Gasteiger partial charge is 0.193 e. The first-order valence-corrected chi connectivity index (χ1v) is 10.6. The van der Waals surface area contributed by atoms with Gasteiger partial charge in [0, 0.05) is 40.8 Å². The van der Waals surface area contributed by atoms with E-state index >= 15 is 0 Å². The van der Waals surface area contributed by atoms with E-state index in [9.17, 15) is 0 Å². The zero-order valence-electron chi connectivity index (χ0n) is 15.1. The summed E-state index contributed by atoms with van der Waals surface area (Å²) in [5, 5.41) is 8.91. The molecule has 4 rings (SSSR count). The molecule has 0 bridgehead atoms. The van der Waals surface area contributed by atoms with E-state index in [0.717, 1.165) is 34.2 Å². The Morgan fingerprint density at radius 1 is 1.37 bits per heavy atom. The van der Waals surface area contributed by atoms with Crippen LogP contribution in [-0.4, -0.2) is 28.4 Å². The predicted molar refractivity (Wildman–Crippen MR) is 126 cm³/mol. The maximum absolute atomic E-state index is 4.71. The van der Waals surface area contributed by atoms with Crippen molar-refractivity contribution >= 4 is 62.2 Å². The number of halogens is 2. The number of fused-ring (bicyclic) bond motifs is 1. The third-order valence-electron chi connectivity index (χ3n) is 4.77. The molecular formula is C19H23BrIN5S. The number of rotatable bonds is 6. The first kappa shape index (κ1) is 20.6. The van der Waals surface area contributed by atoms with Crippen molar-refractivity contribution in [1.82, 2.24) is 20.0 Å². The lowest BCUT2D eigenvalue weighted by Crippen LogP contribution is -2.41. The molecule has 8 heteroatoms. The van der Waals surface area contributed by atoms with Gasteiger partial charge in [-0.1, -0.05) is 28.1 Å². The van der Waals surface area contributed by atoms with Crippen LogP contribution in [0.2, 0.25) is 0 Å². The van der Waals surface area contributed by atoms with Gasteiger partial charge < -0.3 is 10.6 Å². The Hall–Kier alpha value is -1.13. The maximum Gasteiger partial charge on any atom is 0.193 e. The fourth-order valence-corrected chi connectivity index (χ4v) is 4.26. The van der Waals surface area contributed by atoms with Crippen LogP contribution in [-0.2, 0) is 12.0 Å². The highest BCUT2D eigenvalue weighted by atomic mass is 127. The number of hydrogen-bond donors (Lipinski definition) is 2. The lowest BCUT2D eigenvalue weighted by atomic mass is 9.96.